The molecule has 2 aromatic carbocycles. The molecule has 1 unspecified atom stereocenters. The third kappa shape index (κ3) is 2.07. The number of β-lactam (4-membered cyclic amide) rings is 1. The van der Waals surface area contributed by atoms with Crippen LogP contribution < -0.4 is 9.64 Å². The molecule has 1 aliphatic rings. The van der Waals surface area contributed by atoms with Crippen LogP contribution in [0.5, 0.6) is 5.75 Å². The van der Waals surface area contributed by atoms with Crippen molar-refractivity contribution in [2.75, 3.05) is 19.1 Å². The highest BCUT2D eigenvalue weighted by Gasteiger charge is 2.59. The summed E-state index contributed by atoms with van der Waals surface area (Å²) in [6, 6.07) is 17.3. The van der Waals surface area contributed by atoms with Gasteiger partial charge in [0.1, 0.15) is 5.75 Å². The molecule has 4 nitrogen and oxygen atoms in total. The number of ether oxygens (including phenoxy) is 2. The molecule has 4 heteroatoms. The molecule has 114 valence electrons. The molecule has 2 aromatic rings. The highest BCUT2D eigenvalue weighted by atomic mass is 16.5. The van der Waals surface area contributed by atoms with Gasteiger partial charge >= 0.3 is 0 Å². The molecule has 1 fully saturated rings. The van der Waals surface area contributed by atoms with Gasteiger partial charge in [0.25, 0.3) is 5.91 Å². The first-order chi connectivity index (χ1) is 10.6. The second-order valence-electron chi connectivity index (χ2n) is 5.50. The summed E-state index contributed by atoms with van der Waals surface area (Å²) in [5.41, 5.74) is 1.07. The Balaban J connectivity index is 2.00. The van der Waals surface area contributed by atoms with Gasteiger partial charge in [-0.25, -0.2) is 0 Å². The second-order valence-corrected chi connectivity index (χ2v) is 5.50. The van der Waals surface area contributed by atoms with Crippen molar-refractivity contribution >= 4 is 11.6 Å². The number of nitrogens with zero attached hydrogens (tertiary/aromatic N) is 1. The number of hydrogen-bond acceptors (Lipinski definition) is 3. The first kappa shape index (κ1) is 14.6. The van der Waals surface area contributed by atoms with Crippen LogP contribution in [0.25, 0.3) is 0 Å². The van der Waals surface area contributed by atoms with Gasteiger partial charge in [-0.15, -0.1) is 0 Å². The molecule has 0 spiro atoms. The van der Waals surface area contributed by atoms with E-state index in [2.05, 4.69) is 0 Å². The van der Waals surface area contributed by atoms with Crippen LogP contribution in [0.15, 0.2) is 54.6 Å². The molecule has 0 bridgehead atoms. The zero-order chi connectivity index (χ0) is 15.7. The van der Waals surface area contributed by atoms with E-state index >= 15 is 0 Å². The molecule has 0 radical (unpaired) electrons. The Morgan fingerprint density at radius 2 is 1.64 bits per heavy atom. The number of carbonyl (C=O) groups excluding carboxylic acids is 1. The summed E-state index contributed by atoms with van der Waals surface area (Å²) in [5.74, 6) is 0.733. The largest absolute Gasteiger partial charge is 0.497 e. The van der Waals surface area contributed by atoms with Gasteiger partial charge in [-0.3, -0.25) is 9.69 Å². The van der Waals surface area contributed by atoms with E-state index in [0.29, 0.717) is 0 Å². The van der Waals surface area contributed by atoms with Crippen LogP contribution in [0.4, 0.5) is 5.69 Å². The summed E-state index contributed by atoms with van der Waals surface area (Å²) in [7, 11) is 3.21. The van der Waals surface area contributed by atoms with E-state index < -0.39 is 5.60 Å². The Morgan fingerprint density at radius 3 is 2.18 bits per heavy atom. The van der Waals surface area contributed by atoms with E-state index in [1.807, 2.05) is 61.5 Å². The van der Waals surface area contributed by atoms with Crippen molar-refractivity contribution in [1.82, 2.24) is 0 Å². The Morgan fingerprint density at radius 1 is 1.00 bits per heavy atom. The molecule has 1 amide bonds. The minimum absolute atomic E-state index is 0.0333. The quantitative estimate of drug-likeness (QED) is 0.814. The Hall–Kier alpha value is -2.33. The topological polar surface area (TPSA) is 38.8 Å². The van der Waals surface area contributed by atoms with Gasteiger partial charge < -0.3 is 9.47 Å². The molecule has 0 aromatic heterocycles. The molecule has 0 N–H and O–H groups in total. The molecule has 2 atom stereocenters. The maximum absolute atomic E-state index is 12.6. The SMILES string of the molecule is COc1ccc(N2C(=O)[C@@](C)(OC)C2c2ccccc2)cc1. The predicted molar refractivity (Wildman–Crippen MR) is 85.1 cm³/mol. The van der Waals surface area contributed by atoms with Crippen molar-refractivity contribution in [3.63, 3.8) is 0 Å². The first-order valence-corrected chi connectivity index (χ1v) is 7.19. The highest BCUT2D eigenvalue weighted by Crippen LogP contribution is 2.48. The molecular formula is C18H19NO3. The van der Waals surface area contributed by atoms with E-state index in [4.69, 9.17) is 9.47 Å². The summed E-state index contributed by atoms with van der Waals surface area (Å²) in [4.78, 5) is 14.4. The fourth-order valence-electron chi connectivity index (χ4n) is 2.96. The number of methoxy groups -OCH3 is 2. The molecular weight excluding hydrogens is 278 g/mol. The number of carbonyl (C=O) groups is 1. The lowest BCUT2D eigenvalue weighted by atomic mass is 9.78. The van der Waals surface area contributed by atoms with Crippen molar-refractivity contribution in [3.8, 4) is 5.75 Å². The van der Waals surface area contributed by atoms with Gasteiger partial charge in [0, 0.05) is 12.8 Å². The first-order valence-electron chi connectivity index (χ1n) is 7.19. The minimum atomic E-state index is -0.832. The van der Waals surface area contributed by atoms with Gasteiger partial charge in [0.05, 0.1) is 13.2 Å². The van der Waals surface area contributed by atoms with Crippen molar-refractivity contribution in [1.29, 1.82) is 0 Å². The average molecular weight is 297 g/mol. The standard InChI is InChI=1S/C18H19NO3/c1-18(22-3)16(13-7-5-4-6-8-13)19(17(18)20)14-9-11-15(21-2)12-10-14/h4-12,16H,1-3H3/t16?,18-/m0/s1. The Labute approximate surface area is 130 Å². The summed E-state index contributed by atoms with van der Waals surface area (Å²) in [6.45, 7) is 1.84. The van der Waals surface area contributed by atoms with Crippen LogP contribution in [0.1, 0.15) is 18.5 Å². The fraction of sp³-hybridized carbons (Fsp3) is 0.278. The van der Waals surface area contributed by atoms with E-state index in [1.165, 1.54) is 0 Å². The second kappa shape index (κ2) is 5.46. The Kier molecular flexibility index (Phi) is 3.62. The lowest BCUT2D eigenvalue weighted by Crippen LogP contribution is -2.68. The summed E-state index contributed by atoms with van der Waals surface area (Å²) in [6.07, 6.45) is 0. The van der Waals surface area contributed by atoms with Crippen molar-refractivity contribution < 1.29 is 14.3 Å². The minimum Gasteiger partial charge on any atom is -0.497 e. The van der Waals surface area contributed by atoms with Gasteiger partial charge in [-0.2, -0.15) is 0 Å². The van der Waals surface area contributed by atoms with Crippen LogP contribution in [0.3, 0.4) is 0 Å². The average Bonchev–Trinajstić information content (AvgIpc) is 2.59. The number of anilines is 1. The summed E-state index contributed by atoms with van der Waals surface area (Å²) < 4.78 is 10.7. The molecule has 1 heterocycles. The zero-order valence-corrected chi connectivity index (χ0v) is 12.9. The fourth-order valence-corrected chi connectivity index (χ4v) is 2.96. The number of amides is 1. The van der Waals surface area contributed by atoms with Gasteiger partial charge in [-0.1, -0.05) is 30.3 Å². The lowest BCUT2D eigenvalue weighted by Gasteiger charge is -2.53. The maximum Gasteiger partial charge on any atom is 0.262 e. The van der Waals surface area contributed by atoms with Crippen LogP contribution in [-0.4, -0.2) is 25.7 Å². The molecule has 22 heavy (non-hydrogen) atoms. The molecule has 3 rings (SSSR count). The van der Waals surface area contributed by atoms with Gasteiger partial charge in [0.2, 0.25) is 0 Å². The van der Waals surface area contributed by atoms with Crippen LogP contribution in [-0.2, 0) is 9.53 Å². The third-order valence-electron chi connectivity index (χ3n) is 4.31. The maximum atomic E-state index is 12.6. The smallest absolute Gasteiger partial charge is 0.262 e. The van der Waals surface area contributed by atoms with Crippen LogP contribution in [0.2, 0.25) is 0 Å². The molecule has 1 saturated heterocycles. The van der Waals surface area contributed by atoms with Crippen molar-refractivity contribution in [2.24, 2.45) is 0 Å². The van der Waals surface area contributed by atoms with Gasteiger partial charge in [-0.05, 0) is 36.8 Å². The van der Waals surface area contributed by atoms with Crippen LogP contribution >= 0.6 is 0 Å². The Bertz CT molecular complexity index is 668. The predicted octanol–water partition coefficient (Wildman–Crippen LogP) is 3.19. The number of benzene rings is 2. The monoisotopic (exact) mass is 297 g/mol. The number of rotatable bonds is 4. The van der Waals surface area contributed by atoms with Crippen LogP contribution in [0, 0.1) is 0 Å². The normalized spacial score (nSPS) is 24.0. The van der Waals surface area contributed by atoms with E-state index in [9.17, 15) is 4.79 Å². The van der Waals surface area contributed by atoms with E-state index in [1.54, 1.807) is 19.1 Å². The summed E-state index contributed by atoms with van der Waals surface area (Å²) >= 11 is 0. The number of hydrogen-bond donors (Lipinski definition) is 0. The van der Waals surface area contributed by atoms with Crippen molar-refractivity contribution in [3.05, 3.63) is 60.2 Å². The lowest BCUT2D eigenvalue weighted by molar-refractivity contribution is -0.156. The molecule has 1 aliphatic heterocycles. The van der Waals surface area contributed by atoms with E-state index in [0.717, 1.165) is 17.0 Å². The zero-order valence-electron chi connectivity index (χ0n) is 12.9. The third-order valence-corrected chi connectivity index (χ3v) is 4.31. The van der Waals surface area contributed by atoms with Crippen molar-refractivity contribution in [2.45, 2.75) is 18.6 Å². The summed E-state index contributed by atoms with van der Waals surface area (Å²) in [5, 5.41) is 0. The van der Waals surface area contributed by atoms with E-state index in [-0.39, 0.29) is 11.9 Å². The molecule has 0 aliphatic carbocycles. The molecule has 0 saturated carbocycles. The van der Waals surface area contributed by atoms with Gasteiger partial charge in [0.15, 0.2) is 5.60 Å². The highest BCUT2D eigenvalue weighted by molar-refractivity contribution is 6.08.